The SMILES string of the molecule is C#C.CC.CC.CNC(=O)c1c(C(F)(F)F)ccc(N=C(N)C(N=C(N)C=N)=NCc2ccccc2)c1O. The predicted molar refractivity (Wildman–Crippen MR) is 148 cm³/mol. The maximum Gasteiger partial charge on any atom is 0.417 e. The van der Waals surface area contributed by atoms with Crippen LogP contribution in [0.1, 0.15) is 49.2 Å². The highest BCUT2D eigenvalue weighted by molar-refractivity contribution is 6.45. The lowest BCUT2D eigenvalue weighted by atomic mass is 10.0. The standard InChI is InChI=1S/C20H20F3N7O2.2C2H6.C2H2/c1-27-19(32)15-12(20(21,22)23)7-8-13(16(15)31)29-17(26)18(30-14(25)9-24)28-10-11-5-3-2-4-6-11;3*1-2/h2-9,24,31H,10H2,1H3,(H2,26,29)(H,27,32)(H2,25,28,30);2*1-2H3;1-2H. The molecule has 0 heterocycles. The lowest BCUT2D eigenvalue weighted by Gasteiger charge is -2.14. The van der Waals surface area contributed by atoms with Crippen molar-refractivity contribution in [2.75, 3.05) is 7.05 Å². The monoisotopic (exact) mass is 533 g/mol. The molecule has 2 rings (SSSR count). The number of nitrogens with one attached hydrogen (secondary N) is 2. The van der Waals surface area contributed by atoms with Gasteiger partial charge in [-0.05, 0) is 17.7 Å². The van der Waals surface area contributed by atoms with Gasteiger partial charge in [-0.25, -0.2) is 9.98 Å². The van der Waals surface area contributed by atoms with Gasteiger partial charge in [0, 0.05) is 7.05 Å². The summed E-state index contributed by atoms with van der Waals surface area (Å²) in [5.41, 5.74) is 9.50. The van der Waals surface area contributed by atoms with E-state index >= 15 is 0 Å². The summed E-state index contributed by atoms with van der Waals surface area (Å²) in [6.45, 7) is 8.11. The van der Waals surface area contributed by atoms with E-state index < -0.39 is 40.5 Å². The van der Waals surface area contributed by atoms with Crippen LogP contribution in [0.15, 0.2) is 57.4 Å². The van der Waals surface area contributed by atoms with Crippen molar-refractivity contribution in [2.45, 2.75) is 40.4 Å². The lowest BCUT2D eigenvalue weighted by Crippen LogP contribution is -2.26. The molecule has 0 bridgehead atoms. The first-order valence-electron chi connectivity index (χ1n) is 11.3. The molecule has 0 unspecified atom stereocenters. The highest BCUT2D eigenvalue weighted by atomic mass is 19.4. The zero-order valence-electron chi connectivity index (χ0n) is 22.0. The molecule has 0 saturated carbocycles. The van der Waals surface area contributed by atoms with Crippen LogP contribution < -0.4 is 16.8 Å². The zero-order valence-corrected chi connectivity index (χ0v) is 22.0. The molecular formula is C26H34F3N7O2. The van der Waals surface area contributed by atoms with Crippen molar-refractivity contribution in [3.63, 3.8) is 0 Å². The Bertz CT molecular complexity index is 1140. The predicted octanol–water partition coefficient (Wildman–Crippen LogP) is 4.67. The van der Waals surface area contributed by atoms with Crippen LogP contribution in [0.4, 0.5) is 18.9 Å². The van der Waals surface area contributed by atoms with Crippen molar-refractivity contribution >= 4 is 35.3 Å². The van der Waals surface area contributed by atoms with Crippen molar-refractivity contribution < 1.29 is 23.1 Å². The number of benzene rings is 2. The second-order valence-electron chi connectivity index (χ2n) is 6.24. The number of phenols is 1. The van der Waals surface area contributed by atoms with E-state index in [4.69, 9.17) is 16.9 Å². The van der Waals surface area contributed by atoms with E-state index in [2.05, 4.69) is 27.8 Å². The Morgan fingerprint density at radius 3 is 2.11 bits per heavy atom. The van der Waals surface area contributed by atoms with Crippen molar-refractivity contribution in [3.05, 3.63) is 59.2 Å². The summed E-state index contributed by atoms with van der Waals surface area (Å²) in [4.78, 5) is 23.9. The minimum Gasteiger partial charge on any atom is -0.505 e. The first kappa shape index (κ1) is 35.5. The molecule has 2 aromatic rings. The fourth-order valence-corrected chi connectivity index (χ4v) is 2.52. The van der Waals surface area contributed by atoms with Gasteiger partial charge >= 0.3 is 6.18 Å². The number of aliphatic imine (C=N–C) groups is 3. The molecule has 0 saturated heterocycles. The van der Waals surface area contributed by atoms with Crippen LogP contribution in [0.5, 0.6) is 5.75 Å². The first-order chi connectivity index (χ1) is 18.1. The van der Waals surface area contributed by atoms with Crippen LogP contribution in [0.25, 0.3) is 0 Å². The Morgan fingerprint density at radius 2 is 1.63 bits per heavy atom. The van der Waals surface area contributed by atoms with Gasteiger partial charge in [0.15, 0.2) is 17.4 Å². The van der Waals surface area contributed by atoms with E-state index in [-0.39, 0.29) is 18.2 Å². The number of amidine groups is 3. The molecule has 0 spiro atoms. The Labute approximate surface area is 221 Å². The quantitative estimate of drug-likeness (QED) is 0.215. The van der Waals surface area contributed by atoms with E-state index in [9.17, 15) is 23.1 Å². The minimum atomic E-state index is -4.89. The van der Waals surface area contributed by atoms with Crippen molar-refractivity contribution in [1.82, 2.24) is 5.32 Å². The van der Waals surface area contributed by atoms with Gasteiger partial charge in [-0.15, -0.1) is 12.8 Å². The number of alkyl halides is 3. The Morgan fingerprint density at radius 1 is 1.08 bits per heavy atom. The molecule has 0 aliphatic rings. The van der Waals surface area contributed by atoms with Crippen LogP contribution in [0.3, 0.4) is 0 Å². The molecule has 0 aromatic heterocycles. The van der Waals surface area contributed by atoms with Gasteiger partial charge in [-0.2, -0.15) is 13.2 Å². The average molecular weight is 534 g/mol. The third-order valence-electron chi connectivity index (χ3n) is 4.02. The summed E-state index contributed by atoms with van der Waals surface area (Å²) < 4.78 is 39.8. The molecule has 12 heteroatoms. The number of amides is 1. The minimum absolute atomic E-state index is 0.115. The number of nitrogens with two attached hydrogens (primary N) is 2. The molecule has 0 radical (unpaired) electrons. The van der Waals surface area contributed by atoms with Crippen LogP contribution in [-0.2, 0) is 12.7 Å². The highest BCUT2D eigenvalue weighted by Crippen LogP contribution is 2.40. The Balaban J connectivity index is 0. The van der Waals surface area contributed by atoms with Gasteiger partial charge in [0.1, 0.15) is 11.5 Å². The summed E-state index contributed by atoms with van der Waals surface area (Å²) in [5, 5.41) is 19.6. The second kappa shape index (κ2) is 18.6. The topological polar surface area (TPSA) is 162 Å². The summed E-state index contributed by atoms with van der Waals surface area (Å²) in [6, 6.07) is 10.4. The first-order valence-corrected chi connectivity index (χ1v) is 11.3. The largest absolute Gasteiger partial charge is 0.505 e. The highest BCUT2D eigenvalue weighted by Gasteiger charge is 2.37. The number of nitrogens with zero attached hydrogens (tertiary/aromatic N) is 3. The molecule has 0 atom stereocenters. The van der Waals surface area contributed by atoms with Crippen LogP contribution >= 0.6 is 0 Å². The maximum absolute atomic E-state index is 13.3. The smallest absolute Gasteiger partial charge is 0.417 e. The maximum atomic E-state index is 13.3. The van der Waals surface area contributed by atoms with Crippen molar-refractivity contribution in [1.29, 1.82) is 5.41 Å². The summed E-state index contributed by atoms with van der Waals surface area (Å²) in [7, 11) is 1.12. The Kier molecular flexibility index (Phi) is 17.4. The van der Waals surface area contributed by atoms with Gasteiger partial charge < -0.3 is 27.3 Å². The molecule has 7 N–H and O–H groups in total. The molecule has 9 nitrogen and oxygen atoms in total. The number of carbonyl (C=O) groups excluding carboxylic acids is 1. The molecule has 0 aliphatic carbocycles. The van der Waals surface area contributed by atoms with Crippen molar-refractivity contribution in [2.24, 2.45) is 26.4 Å². The van der Waals surface area contributed by atoms with Crippen LogP contribution in [0.2, 0.25) is 0 Å². The van der Waals surface area contributed by atoms with Gasteiger partial charge in [0.25, 0.3) is 5.91 Å². The number of hydrogen-bond acceptors (Lipinski definition) is 5. The third-order valence-corrected chi connectivity index (χ3v) is 4.02. The normalized spacial score (nSPS) is 11.4. The molecule has 1 amide bonds. The number of phenolic OH excluding ortho intramolecular Hbond substituents is 1. The summed E-state index contributed by atoms with van der Waals surface area (Å²) >= 11 is 0. The van der Waals surface area contributed by atoms with Gasteiger partial charge in [-0.1, -0.05) is 58.0 Å². The molecule has 206 valence electrons. The Hall–Kier alpha value is -4.66. The summed E-state index contributed by atoms with van der Waals surface area (Å²) in [6.07, 6.45) is 3.85. The fraction of sp³-hybridized carbons (Fsp3) is 0.269. The van der Waals surface area contributed by atoms with E-state index in [0.29, 0.717) is 6.07 Å². The van der Waals surface area contributed by atoms with E-state index in [1.54, 1.807) is 24.3 Å². The van der Waals surface area contributed by atoms with Gasteiger partial charge in [0.2, 0.25) is 0 Å². The molecule has 0 fully saturated rings. The fourth-order valence-electron chi connectivity index (χ4n) is 2.52. The molecule has 38 heavy (non-hydrogen) atoms. The number of rotatable bonds is 5. The number of halogens is 3. The van der Waals surface area contributed by atoms with Crippen molar-refractivity contribution in [3.8, 4) is 18.6 Å². The number of terminal acetylenes is 1. The van der Waals surface area contributed by atoms with Gasteiger partial charge in [0.05, 0.1) is 23.9 Å². The average Bonchev–Trinajstić information content (AvgIpc) is 2.94. The zero-order chi connectivity index (χ0) is 29.9. The van der Waals surface area contributed by atoms with Gasteiger partial charge in [-0.3, -0.25) is 9.79 Å². The third kappa shape index (κ3) is 10.9. The molecular weight excluding hydrogens is 499 g/mol. The van der Waals surface area contributed by atoms with Crippen LogP contribution in [-0.4, -0.2) is 41.8 Å². The van der Waals surface area contributed by atoms with Crippen LogP contribution in [0, 0.1) is 18.3 Å². The molecule has 0 aliphatic heterocycles. The van der Waals surface area contributed by atoms with E-state index in [1.807, 2.05) is 39.1 Å². The lowest BCUT2D eigenvalue weighted by molar-refractivity contribution is -0.138. The molecule has 2 aromatic carbocycles. The number of aromatic hydroxyl groups is 1. The second-order valence-corrected chi connectivity index (χ2v) is 6.24. The number of carbonyl (C=O) groups is 1. The summed E-state index contributed by atoms with van der Waals surface area (Å²) in [5.74, 6) is -3.04. The van der Waals surface area contributed by atoms with E-state index in [0.717, 1.165) is 24.9 Å². The number of hydrogen-bond donors (Lipinski definition) is 5. The van der Waals surface area contributed by atoms with E-state index in [1.165, 1.54) is 0 Å².